The van der Waals surface area contributed by atoms with Gasteiger partial charge in [0.05, 0.1) is 27.8 Å². The standard InChI is InChI=1S/C58H41N3/c1-38-24-30-44(31-25-38)60-53-22-12-10-20-49(53)52-37-51(56-50-21-11-13-23-54(50)61(58(56)57(52)60)45-32-26-39(2)27-33-45)40-28-34-43(35-29-40)59(42-15-4-3-5-16-42)55-36-41-14-6-7-17-46(41)47-18-8-9-19-48(47)55/h3-37H,1-2H3. The van der Waals surface area contributed by atoms with Crippen LogP contribution in [0.2, 0.25) is 0 Å². The van der Waals surface area contributed by atoms with E-state index in [2.05, 4.69) is 240 Å². The van der Waals surface area contributed by atoms with E-state index in [1.807, 2.05) is 0 Å². The van der Waals surface area contributed by atoms with Gasteiger partial charge in [-0.1, -0.05) is 151 Å². The number of para-hydroxylation sites is 3. The summed E-state index contributed by atoms with van der Waals surface area (Å²) in [5, 5.41) is 9.89. The Hall–Kier alpha value is -7.88. The highest BCUT2D eigenvalue weighted by atomic mass is 15.1. The van der Waals surface area contributed by atoms with Crippen LogP contribution in [-0.4, -0.2) is 9.13 Å². The summed E-state index contributed by atoms with van der Waals surface area (Å²) < 4.78 is 4.98. The minimum absolute atomic E-state index is 1.10. The lowest BCUT2D eigenvalue weighted by atomic mass is 9.96. The number of rotatable bonds is 6. The van der Waals surface area contributed by atoms with E-state index in [1.165, 1.54) is 87.4 Å². The minimum Gasteiger partial charge on any atom is -0.310 e. The van der Waals surface area contributed by atoms with Crippen molar-refractivity contribution in [2.75, 3.05) is 4.90 Å². The van der Waals surface area contributed by atoms with Crippen LogP contribution in [0.5, 0.6) is 0 Å². The molecule has 12 rings (SSSR count). The van der Waals surface area contributed by atoms with Crippen molar-refractivity contribution in [3.63, 3.8) is 0 Å². The fourth-order valence-electron chi connectivity index (χ4n) is 9.76. The summed E-state index contributed by atoms with van der Waals surface area (Å²) in [6.07, 6.45) is 0. The molecule has 0 unspecified atom stereocenters. The molecule has 0 saturated heterocycles. The molecule has 2 heterocycles. The molecule has 12 aromatic rings. The van der Waals surface area contributed by atoms with Gasteiger partial charge in [0.15, 0.2) is 0 Å². The molecule has 0 aliphatic rings. The fraction of sp³-hybridized carbons (Fsp3) is 0.0345. The molecule has 61 heavy (non-hydrogen) atoms. The zero-order valence-electron chi connectivity index (χ0n) is 34.0. The Morgan fingerprint density at radius 1 is 0.361 bits per heavy atom. The SMILES string of the molecule is Cc1ccc(-n2c3ccccc3c3cc(-c4ccc(N(c5ccccc5)c5cc6ccccc6c6ccccc56)cc4)c4c5ccccc5n(-c5ccc(C)cc5)c4c32)cc1. The highest BCUT2D eigenvalue weighted by Gasteiger charge is 2.25. The normalized spacial score (nSPS) is 11.8. The summed E-state index contributed by atoms with van der Waals surface area (Å²) in [6, 6.07) is 78.1. The van der Waals surface area contributed by atoms with Crippen LogP contribution in [-0.2, 0) is 0 Å². The van der Waals surface area contributed by atoms with Crippen molar-refractivity contribution in [2.24, 2.45) is 0 Å². The third kappa shape index (κ3) is 5.51. The molecule has 288 valence electrons. The third-order valence-electron chi connectivity index (χ3n) is 12.6. The van der Waals surface area contributed by atoms with E-state index in [1.54, 1.807) is 0 Å². The molecule has 0 atom stereocenters. The van der Waals surface area contributed by atoms with Gasteiger partial charge in [0.2, 0.25) is 0 Å². The van der Waals surface area contributed by atoms with Gasteiger partial charge in [-0.25, -0.2) is 0 Å². The molecule has 0 amide bonds. The van der Waals surface area contributed by atoms with Crippen LogP contribution in [0, 0.1) is 13.8 Å². The zero-order valence-corrected chi connectivity index (χ0v) is 34.0. The highest BCUT2D eigenvalue weighted by molar-refractivity contribution is 6.28. The zero-order chi connectivity index (χ0) is 40.6. The molecule has 0 saturated carbocycles. The predicted molar refractivity (Wildman–Crippen MR) is 260 cm³/mol. The molecule has 0 aliphatic carbocycles. The smallest absolute Gasteiger partial charge is 0.0795 e. The topological polar surface area (TPSA) is 13.1 Å². The van der Waals surface area contributed by atoms with Crippen molar-refractivity contribution in [2.45, 2.75) is 13.8 Å². The maximum atomic E-state index is 2.50. The first-order chi connectivity index (χ1) is 30.1. The van der Waals surface area contributed by atoms with Gasteiger partial charge in [0, 0.05) is 49.7 Å². The summed E-state index contributed by atoms with van der Waals surface area (Å²) in [5.41, 5.74) is 15.3. The van der Waals surface area contributed by atoms with Crippen LogP contribution in [0.3, 0.4) is 0 Å². The van der Waals surface area contributed by atoms with Crippen molar-refractivity contribution in [3.8, 4) is 22.5 Å². The Labute approximate surface area is 354 Å². The second-order valence-corrected chi connectivity index (χ2v) is 16.3. The van der Waals surface area contributed by atoms with Crippen molar-refractivity contribution in [1.82, 2.24) is 9.13 Å². The second kappa shape index (κ2) is 13.9. The molecule has 0 aliphatic heterocycles. The van der Waals surface area contributed by atoms with Crippen molar-refractivity contribution >= 4 is 82.2 Å². The molecule has 0 spiro atoms. The summed E-state index contributed by atoms with van der Waals surface area (Å²) in [4.78, 5) is 2.41. The summed E-state index contributed by atoms with van der Waals surface area (Å²) in [7, 11) is 0. The van der Waals surface area contributed by atoms with E-state index in [0.717, 1.165) is 28.4 Å². The Bertz CT molecular complexity index is 3630. The molecule has 0 fully saturated rings. The number of anilines is 3. The van der Waals surface area contributed by atoms with Crippen LogP contribution in [0.25, 0.3) is 87.7 Å². The highest BCUT2D eigenvalue weighted by Crippen LogP contribution is 2.48. The Kier molecular flexibility index (Phi) is 7.98. The number of hydrogen-bond donors (Lipinski definition) is 0. The number of aryl methyl sites for hydroxylation is 2. The van der Waals surface area contributed by atoms with Gasteiger partial charge in [-0.3, -0.25) is 0 Å². The van der Waals surface area contributed by atoms with Gasteiger partial charge in [-0.2, -0.15) is 0 Å². The summed E-state index contributed by atoms with van der Waals surface area (Å²) in [6.45, 7) is 4.32. The van der Waals surface area contributed by atoms with Crippen LogP contribution in [0.4, 0.5) is 17.1 Å². The largest absolute Gasteiger partial charge is 0.310 e. The maximum absolute atomic E-state index is 2.50. The van der Waals surface area contributed by atoms with Crippen LogP contribution < -0.4 is 4.90 Å². The van der Waals surface area contributed by atoms with E-state index < -0.39 is 0 Å². The molecule has 10 aromatic carbocycles. The molecule has 0 radical (unpaired) electrons. The van der Waals surface area contributed by atoms with Crippen LogP contribution in [0.1, 0.15) is 11.1 Å². The van der Waals surface area contributed by atoms with E-state index >= 15 is 0 Å². The lowest BCUT2D eigenvalue weighted by Crippen LogP contribution is -2.10. The fourth-order valence-corrected chi connectivity index (χ4v) is 9.76. The van der Waals surface area contributed by atoms with Gasteiger partial charge in [-0.15, -0.1) is 0 Å². The van der Waals surface area contributed by atoms with E-state index in [9.17, 15) is 0 Å². The summed E-state index contributed by atoms with van der Waals surface area (Å²) in [5.74, 6) is 0. The first-order valence-electron chi connectivity index (χ1n) is 21.1. The van der Waals surface area contributed by atoms with Crippen molar-refractivity contribution < 1.29 is 0 Å². The lowest BCUT2D eigenvalue weighted by Gasteiger charge is -2.27. The van der Waals surface area contributed by atoms with Crippen molar-refractivity contribution in [1.29, 1.82) is 0 Å². The average Bonchev–Trinajstić information content (AvgIpc) is 3.83. The number of hydrogen-bond acceptors (Lipinski definition) is 1. The quantitative estimate of drug-likeness (QED) is 0.153. The number of fused-ring (bicyclic) bond motifs is 10. The Balaban J connectivity index is 1.15. The Morgan fingerprint density at radius 3 is 1.54 bits per heavy atom. The van der Waals surface area contributed by atoms with Gasteiger partial charge in [0.1, 0.15) is 0 Å². The molecule has 0 N–H and O–H groups in total. The van der Waals surface area contributed by atoms with Crippen molar-refractivity contribution in [3.05, 3.63) is 223 Å². The molecule has 2 aromatic heterocycles. The molecule has 0 bridgehead atoms. The van der Waals surface area contributed by atoms with Gasteiger partial charge in [0.25, 0.3) is 0 Å². The summed E-state index contributed by atoms with van der Waals surface area (Å²) >= 11 is 0. The number of benzene rings is 10. The molecular formula is C58H41N3. The third-order valence-corrected chi connectivity index (χ3v) is 12.6. The number of nitrogens with zero attached hydrogens (tertiary/aromatic N) is 3. The molecular weight excluding hydrogens is 739 g/mol. The minimum atomic E-state index is 1.10. The second-order valence-electron chi connectivity index (χ2n) is 16.3. The van der Waals surface area contributed by atoms with Crippen LogP contribution in [0.15, 0.2) is 212 Å². The van der Waals surface area contributed by atoms with E-state index in [-0.39, 0.29) is 0 Å². The van der Waals surface area contributed by atoms with E-state index in [0.29, 0.717) is 0 Å². The number of aromatic nitrogens is 2. The van der Waals surface area contributed by atoms with Gasteiger partial charge in [-0.05, 0) is 114 Å². The van der Waals surface area contributed by atoms with Gasteiger partial charge >= 0.3 is 0 Å². The van der Waals surface area contributed by atoms with Gasteiger partial charge < -0.3 is 14.0 Å². The van der Waals surface area contributed by atoms with E-state index in [4.69, 9.17) is 0 Å². The monoisotopic (exact) mass is 779 g/mol. The first-order valence-corrected chi connectivity index (χ1v) is 21.1. The predicted octanol–water partition coefficient (Wildman–Crippen LogP) is 15.9. The Morgan fingerprint density at radius 2 is 0.869 bits per heavy atom. The lowest BCUT2D eigenvalue weighted by molar-refractivity contribution is 1.14. The maximum Gasteiger partial charge on any atom is 0.0795 e. The average molecular weight is 780 g/mol. The molecule has 3 heteroatoms. The van der Waals surface area contributed by atoms with Crippen LogP contribution >= 0.6 is 0 Å². The first kappa shape index (κ1) is 35.1. The molecule has 3 nitrogen and oxygen atoms in total.